The molecule has 1 aromatic rings. The number of rotatable bonds is 1. The Morgan fingerprint density at radius 1 is 0.952 bits per heavy atom. The van der Waals surface area contributed by atoms with Gasteiger partial charge < -0.3 is 4.90 Å². The maximum Gasteiger partial charge on any atom is 0.0742 e. The lowest BCUT2D eigenvalue weighted by Gasteiger charge is -2.38. The fourth-order valence-corrected chi connectivity index (χ4v) is 5.33. The number of fused-ring (bicyclic) bond motifs is 2. The Balaban J connectivity index is 1.63. The van der Waals surface area contributed by atoms with Gasteiger partial charge >= 0.3 is 0 Å². The minimum absolute atomic E-state index is 0.204. The van der Waals surface area contributed by atoms with E-state index < -0.39 is 0 Å². The summed E-state index contributed by atoms with van der Waals surface area (Å²) in [6.07, 6.45) is 21.2. The van der Waals surface area contributed by atoms with E-state index in [0.717, 1.165) is 0 Å². The van der Waals surface area contributed by atoms with Gasteiger partial charge in [-0.1, -0.05) is 66.8 Å². The first-order valence-corrected chi connectivity index (χ1v) is 7.96. The van der Waals surface area contributed by atoms with Crippen molar-refractivity contribution < 1.29 is 0 Å². The molecule has 5 aliphatic rings. The van der Waals surface area contributed by atoms with Crippen LogP contribution in [0.2, 0.25) is 0 Å². The summed E-state index contributed by atoms with van der Waals surface area (Å²) in [5, 5.41) is 0. The third kappa shape index (κ3) is 0.938. The van der Waals surface area contributed by atoms with Gasteiger partial charge in [0.2, 0.25) is 0 Å². The smallest absolute Gasteiger partial charge is 0.0742 e. The molecule has 0 radical (unpaired) electrons. The highest BCUT2D eigenvalue weighted by Gasteiger charge is 2.78. The molecule has 4 atom stereocenters. The number of nitrogens with zero attached hydrogens (tertiary/aromatic N) is 1. The number of para-hydroxylation sites is 1. The highest BCUT2D eigenvalue weighted by Crippen LogP contribution is 2.75. The van der Waals surface area contributed by atoms with E-state index in [-0.39, 0.29) is 16.5 Å². The van der Waals surface area contributed by atoms with Gasteiger partial charge in [-0.2, -0.15) is 0 Å². The van der Waals surface area contributed by atoms with Gasteiger partial charge in [0.25, 0.3) is 0 Å². The Morgan fingerprint density at radius 3 is 2.76 bits per heavy atom. The Labute approximate surface area is 125 Å². The number of benzene rings is 1. The molecule has 1 aromatic carbocycles. The van der Waals surface area contributed by atoms with Crippen molar-refractivity contribution in [3.63, 3.8) is 0 Å². The second-order valence-electron chi connectivity index (χ2n) is 7.19. The van der Waals surface area contributed by atoms with Crippen molar-refractivity contribution in [1.82, 2.24) is 0 Å². The van der Waals surface area contributed by atoms with Crippen LogP contribution in [0.15, 0.2) is 72.9 Å². The first-order chi connectivity index (χ1) is 10.3. The topological polar surface area (TPSA) is 3.24 Å². The van der Waals surface area contributed by atoms with Crippen LogP contribution in [0, 0.1) is 5.92 Å². The molecule has 4 unspecified atom stereocenters. The predicted octanol–water partition coefficient (Wildman–Crippen LogP) is 3.90. The van der Waals surface area contributed by atoms with E-state index in [1.165, 1.54) is 24.1 Å². The van der Waals surface area contributed by atoms with Gasteiger partial charge in [-0.25, -0.2) is 0 Å². The van der Waals surface area contributed by atoms with Crippen molar-refractivity contribution in [3.8, 4) is 0 Å². The fourth-order valence-electron chi connectivity index (χ4n) is 5.33. The van der Waals surface area contributed by atoms with Crippen LogP contribution >= 0.6 is 0 Å². The van der Waals surface area contributed by atoms with E-state index in [1.807, 2.05) is 0 Å². The monoisotopic (exact) mass is 271 g/mol. The average Bonchev–Trinajstić information content (AvgIpc) is 3.38. The maximum atomic E-state index is 2.76. The predicted molar refractivity (Wildman–Crippen MR) is 85.3 cm³/mol. The molecule has 0 saturated heterocycles. The lowest BCUT2D eigenvalue weighted by molar-refractivity contribution is 0.575. The van der Waals surface area contributed by atoms with Crippen LogP contribution in [-0.4, -0.2) is 11.1 Å². The van der Waals surface area contributed by atoms with Gasteiger partial charge in [0.05, 0.1) is 11.1 Å². The van der Waals surface area contributed by atoms with Crippen molar-refractivity contribution in [2.75, 3.05) is 4.90 Å². The Kier molecular flexibility index (Phi) is 1.49. The van der Waals surface area contributed by atoms with Crippen LogP contribution in [0.4, 0.5) is 5.69 Å². The van der Waals surface area contributed by atoms with Gasteiger partial charge in [0.15, 0.2) is 0 Å². The van der Waals surface area contributed by atoms with Crippen LogP contribution in [0.25, 0.3) is 0 Å². The van der Waals surface area contributed by atoms with E-state index in [0.29, 0.717) is 5.92 Å². The molecule has 0 amide bonds. The molecule has 21 heavy (non-hydrogen) atoms. The van der Waals surface area contributed by atoms with Crippen LogP contribution < -0.4 is 4.90 Å². The summed E-state index contributed by atoms with van der Waals surface area (Å²) >= 11 is 0. The van der Waals surface area contributed by atoms with E-state index >= 15 is 0 Å². The molecule has 1 heterocycles. The molecule has 0 N–H and O–H groups in total. The minimum Gasteiger partial charge on any atom is -0.351 e. The lowest BCUT2D eigenvalue weighted by Crippen LogP contribution is -2.47. The van der Waals surface area contributed by atoms with Crippen molar-refractivity contribution in [3.05, 3.63) is 78.4 Å². The van der Waals surface area contributed by atoms with Crippen molar-refractivity contribution >= 4 is 5.69 Å². The highest BCUT2D eigenvalue weighted by molar-refractivity contribution is 5.81. The van der Waals surface area contributed by atoms with Crippen molar-refractivity contribution in [1.29, 1.82) is 0 Å². The zero-order valence-electron chi connectivity index (χ0n) is 11.9. The molecular formula is C20H17N. The standard InChI is InChI=1S/C20H17N/c1-2-9-17-16(8-1)18-10-5-6-12-20(18,14-18)21(17)19-11-4-3-7-15(19)13-19/h1-12,15H,13-14H2. The van der Waals surface area contributed by atoms with E-state index in [1.54, 1.807) is 0 Å². The molecule has 102 valence electrons. The summed E-state index contributed by atoms with van der Waals surface area (Å²) in [4.78, 5) is 2.76. The molecule has 1 aliphatic heterocycles. The number of anilines is 1. The molecular weight excluding hydrogens is 254 g/mol. The maximum absolute atomic E-state index is 2.76. The SMILES string of the molecule is C1=CC2CC2(N2c3ccccc3C34C=CC=CC23C4)C=C1. The molecule has 1 nitrogen and oxygen atoms in total. The fraction of sp³-hybridized carbons (Fsp3) is 0.300. The van der Waals surface area contributed by atoms with Crippen LogP contribution in [0.1, 0.15) is 18.4 Å². The zero-order chi connectivity index (χ0) is 13.7. The largest absolute Gasteiger partial charge is 0.351 e. The third-order valence-electron chi connectivity index (χ3n) is 6.37. The van der Waals surface area contributed by atoms with Gasteiger partial charge in [0, 0.05) is 17.0 Å². The molecule has 0 spiro atoms. The second kappa shape index (κ2) is 2.94. The van der Waals surface area contributed by atoms with Crippen LogP contribution in [-0.2, 0) is 5.41 Å². The van der Waals surface area contributed by atoms with Gasteiger partial charge in [-0.15, -0.1) is 0 Å². The first kappa shape index (κ1) is 10.7. The summed E-state index contributed by atoms with van der Waals surface area (Å²) in [5.74, 6) is 0.695. The summed E-state index contributed by atoms with van der Waals surface area (Å²) < 4.78 is 0. The average molecular weight is 271 g/mol. The minimum atomic E-state index is 0.204. The van der Waals surface area contributed by atoms with E-state index in [4.69, 9.17) is 0 Å². The van der Waals surface area contributed by atoms with Crippen molar-refractivity contribution in [2.45, 2.75) is 29.3 Å². The van der Waals surface area contributed by atoms with E-state index in [9.17, 15) is 0 Å². The zero-order valence-corrected chi connectivity index (χ0v) is 11.9. The molecule has 0 aromatic heterocycles. The van der Waals surface area contributed by atoms with Gasteiger partial charge in [0.1, 0.15) is 0 Å². The molecule has 2 saturated carbocycles. The highest BCUT2D eigenvalue weighted by atomic mass is 15.4. The summed E-state index contributed by atoms with van der Waals surface area (Å²) in [6.45, 7) is 0. The summed E-state index contributed by atoms with van der Waals surface area (Å²) in [6, 6.07) is 9.07. The number of hydrogen-bond acceptors (Lipinski definition) is 1. The van der Waals surface area contributed by atoms with E-state index in [2.05, 4.69) is 77.8 Å². The summed E-state index contributed by atoms with van der Waals surface area (Å²) in [5.41, 5.74) is 3.68. The molecule has 0 bridgehead atoms. The number of allylic oxidation sites excluding steroid dienone is 4. The lowest BCUT2D eigenvalue weighted by atomic mass is 9.90. The molecule has 4 aliphatic carbocycles. The summed E-state index contributed by atoms with van der Waals surface area (Å²) in [7, 11) is 0. The Hall–Kier alpha value is -2.02. The molecule has 6 rings (SSSR count). The quantitative estimate of drug-likeness (QED) is 0.749. The van der Waals surface area contributed by atoms with Crippen molar-refractivity contribution in [2.24, 2.45) is 5.92 Å². The number of hydrogen-bond donors (Lipinski definition) is 0. The van der Waals surface area contributed by atoms with Gasteiger partial charge in [-0.3, -0.25) is 0 Å². The second-order valence-corrected chi connectivity index (χ2v) is 7.19. The Morgan fingerprint density at radius 2 is 1.81 bits per heavy atom. The van der Waals surface area contributed by atoms with Crippen LogP contribution in [0.3, 0.4) is 0 Å². The normalized spacial score (nSPS) is 45.9. The molecule has 2 fully saturated rings. The molecule has 1 heteroatoms. The first-order valence-electron chi connectivity index (χ1n) is 7.96. The van der Waals surface area contributed by atoms with Crippen LogP contribution in [0.5, 0.6) is 0 Å². The third-order valence-corrected chi connectivity index (χ3v) is 6.37. The van der Waals surface area contributed by atoms with Gasteiger partial charge in [-0.05, 0) is 24.5 Å². The Bertz CT molecular complexity index is 798.